The molecule has 0 aromatic heterocycles. The van der Waals surface area contributed by atoms with Crippen LogP contribution in [0.5, 0.6) is 0 Å². The second-order valence-electron chi connectivity index (χ2n) is 2.28. The first-order valence-electron chi connectivity index (χ1n) is 2.24. The lowest BCUT2D eigenvalue weighted by atomic mass is 10.0. The Balaban J connectivity index is 0. The van der Waals surface area contributed by atoms with Gasteiger partial charge < -0.3 is 5.73 Å². The van der Waals surface area contributed by atoms with Gasteiger partial charge in [0.25, 0.3) is 0 Å². The SMILES string of the molecule is CC(=O)C(C)(C)N.Cl. The van der Waals surface area contributed by atoms with Crippen LogP contribution in [0.25, 0.3) is 0 Å². The van der Waals surface area contributed by atoms with Crippen molar-refractivity contribution in [2.24, 2.45) is 5.73 Å². The van der Waals surface area contributed by atoms with Crippen molar-refractivity contribution in [1.82, 2.24) is 0 Å². The first-order valence-corrected chi connectivity index (χ1v) is 2.24. The van der Waals surface area contributed by atoms with Crippen LogP contribution in [0.15, 0.2) is 0 Å². The van der Waals surface area contributed by atoms with Crippen LogP contribution < -0.4 is 5.73 Å². The van der Waals surface area contributed by atoms with E-state index < -0.39 is 5.54 Å². The molecule has 0 aromatic carbocycles. The summed E-state index contributed by atoms with van der Waals surface area (Å²) in [5.74, 6) is 0.0208. The fourth-order valence-corrected chi connectivity index (χ4v) is 0. The quantitative estimate of drug-likeness (QED) is 0.579. The average molecular weight is 138 g/mol. The predicted octanol–water partition coefficient (Wildman–Crippen LogP) is 0.734. The monoisotopic (exact) mass is 137 g/mol. The van der Waals surface area contributed by atoms with Crippen molar-refractivity contribution in [3.05, 3.63) is 0 Å². The third kappa shape index (κ3) is 4.09. The normalized spacial score (nSPS) is 10.0. The Morgan fingerprint density at radius 3 is 1.62 bits per heavy atom. The van der Waals surface area contributed by atoms with E-state index in [1.54, 1.807) is 13.8 Å². The van der Waals surface area contributed by atoms with Gasteiger partial charge in [-0.25, -0.2) is 0 Å². The molecule has 2 N–H and O–H groups in total. The summed E-state index contributed by atoms with van der Waals surface area (Å²) in [6.45, 7) is 4.87. The lowest BCUT2D eigenvalue weighted by Gasteiger charge is -2.11. The molecule has 0 aliphatic heterocycles. The van der Waals surface area contributed by atoms with Crippen molar-refractivity contribution in [2.75, 3.05) is 0 Å². The van der Waals surface area contributed by atoms with Gasteiger partial charge in [0.2, 0.25) is 0 Å². The van der Waals surface area contributed by atoms with Gasteiger partial charge in [0.1, 0.15) is 5.78 Å². The summed E-state index contributed by atoms with van der Waals surface area (Å²) in [7, 11) is 0. The first-order chi connectivity index (χ1) is 2.94. The second kappa shape index (κ2) is 3.05. The summed E-state index contributed by atoms with van der Waals surface area (Å²) in [5, 5.41) is 0. The smallest absolute Gasteiger partial charge is 0.149 e. The van der Waals surface area contributed by atoms with Crippen LogP contribution in [0.2, 0.25) is 0 Å². The van der Waals surface area contributed by atoms with E-state index in [1.807, 2.05) is 0 Å². The molecule has 0 saturated heterocycles. The molecule has 0 spiro atoms. The number of rotatable bonds is 1. The molecule has 0 aromatic rings. The zero-order chi connectivity index (χ0) is 6.08. The molecule has 0 aliphatic rings. The number of carbonyl (C=O) groups excluding carboxylic acids is 1. The Kier molecular flexibility index (Phi) is 4.12. The second-order valence-corrected chi connectivity index (χ2v) is 2.28. The van der Waals surface area contributed by atoms with Crippen molar-refractivity contribution >= 4 is 18.2 Å². The Morgan fingerprint density at radius 2 is 1.62 bits per heavy atom. The highest BCUT2D eigenvalue weighted by molar-refractivity contribution is 5.85. The molecule has 8 heavy (non-hydrogen) atoms. The zero-order valence-electron chi connectivity index (χ0n) is 5.39. The number of halogens is 1. The summed E-state index contributed by atoms with van der Waals surface area (Å²) in [5.41, 5.74) is 4.69. The van der Waals surface area contributed by atoms with E-state index in [2.05, 4.69) is 0 Å². The predicted molar refractivity (Wildman–Crippen MR) is 36.2 cm³/mol. The molecule has 3 heteroatoms. The largest absolute Gasteiger partial charge is 0.319 e. The minimum atomic E-state index is -0.639. The van der Waals surface area contributed by atoms with Crippen LogP contribution >= 0.6 is 12.4 Å². The Morgan fingerprint density at radius 1 is 1.50 bits per heavy atom. The summed E-state index contributed by atoms with van der Waals surface area (Å²) < 4.78 is 0. The molecule has 0 saturated carbocycles. The molecule has 50 valence electrons. The molecule has 0 bridgehead atoms. The van der Waals surface area contributed by atoms with E-state index in [4.69, 9.17) is 5.73 Å². The fourth-order valence-electron chi connectivity index (χ4n) is 0. The lowest BCUT2D eigenvalue weighted by Crippen LogP contribution is -2.39. The van der Waals surface area contributed by atoms with Crippen LogP contribution in [-0.4, -0.2) is 11.3 Å². The first kappa shape index (κ1) is 10.8. The number of hydrogen-bond donors (Lipinski definition) is 1. The van der Waals surface area contributed by atoms with E-state index in [0.29, 0.717) is 0 Å². The molecule has 0 atom stereocenters. The molecule has 0 amide bonds. The number of Topliss-reactive ketones (excluding diaryl/α,β-unsaturated/α-hetero) is 1. The van der Waals surface area contributed by atoms with Crippen molar-refractivity contribution in [2.45, 2.75) is 26.3 Å². The molecule has 0 radical (unpaired) electrons. The molecule has 0 heterocycles. The number of ketones is 1. The third-order valence-electron chi connectivity index (χ3n) is 0.907. The van der Waals surface area contributed by atoms with Gasteiger partial charge >= 0.3 is 0 Å². The molecule has 0 fully saturated rings. The zero-order valence-corrected chi connectivity index (χ0v) is 6.21. The highest BCUT2D eigenvalue weighted by atomic mass is 35.5. The topological polar surface area (TPSA) is 43.1 Å². The van der Waals surface area contributed by atoms with Gasteiger partial charge in [0, 0.05) is 0 Å². The van der Waals surface area contributed by atoms with Crippen molar-refractivity contribution in [3.63, 3.8) is 0 Å². The van der Waals surface area contributed by atoms with Crippen LogP contribution in [0.1, 0.15) is 20.8 Å². The maximum atomic E-state index is 10.3. The lowest BCUT2D eigenvalue weighted by molar-refractivity contribution is -0.120. The summed E-state index contributed by atoms with van der Waals surface area (Å²) in [6.07, 6.45) is 0. The van der Waals surface area contributed by atoms with Gasteiger partial charge in [-0.05, 0) is 20.8 Å². The van der Waals surface area contributed by atoms with Crippen molar-refractivity contribution in [1.29, 1.82) is 0 Å². The van der Waals surface area contributed by atoms with Gasteiger partial charge in [-0.1, -0.05) is 0 Å². The highest BCUT2D eigenvalue weighted by Gasteiger charge is 2.15. The molecular formula is C5H12ClNO. The standard InChI is InChI=1S/C5H11NO.ClH/c1-4(7)5(2,3)6;/h6H2,1-3H3;1H. The van der Waals surface area contributed by atoms with E-state index in [0.717, 1.165) is 0 Å². The Labute approximate surface area is 55.9 Å². The van der Waals surface area contributed by atoms with Gasteiger partial charge in [-0.15, -0.1) is 12.4 Å². The maximum Gasteiger partial charge on any atom is 0.149 e. The summed E-state index contributed by atoms with van der Waals surface area (Å²) in [6, 6.07) is 0. The number of nitrogens with two attached hydrogens (primary N) is 1. The van der Waals surface area contributed by atoms with E-state index in [9.17, 15) is 4.79 Å². The fraction of sp³-hybridized carbons (Fsp3) is 0.800. The van der Waals surface area contributed by atoms with Crippen LogP contribution in [0.3, 0.4) is 0 Å². The van der Waals surface area contributed by atoms with E-state index >= 15 is 0 Å². The van der Waals surface area contributed by atoms with Crippen molar-refractivity contribution < 1.29 is 4.79 Å². The maximum absolute atomic E-state index is 10.3. The Hall–Kier alpha value is -0.0800. The van der Waals surface area contributed by atoms with Gasteiger partial charge in [0.05, 0.1) is 5.54 Å². The minimum absolute atomic E-state index is 0. The molecule has 2 nitrogen and oxygen atoms in total. The molecular weight excluding hydrogens is 126 g/mol. The number of carbonyl (C=O) groups is 1. The third-order valence-corrected chi connectivity index (χ3v) is 0.907. The molecule has 0 aliphatic carbocycles. The summed E-state index contributed by atoms with van der Waals surface area (Å²) in [4.78, 5) is 10.3. The minimum Gasteiger partial charge on any atom is -0.319 e. The summed E-state index contributed by atoms with van der Waals surface area (Å²) >= 11 is 0. The van der Waals surface area contributed by atoms with E-state index in [1.165, 1.54) is 6.92 Å². The van der Waals surface area contributed by atoms with Crippen LogP contribution in [0.4, 0.5) is 0 Å². The van der Waals surface area contributed by atoms with Crippen LogP contribution in [0, 0.1) is 0 Å². The highest BCUT2D eigenvalue weighted by Crippen LogP contribution is 1.95. The average Bonchev–Trinajstić information content (AvgIpc) is 1.31. The molecule has 0 unspecified atom stereocenters. The van der Waals surface area contributed by atoms with Gasteiger partial charge in [0.15, 0.2) is 0 Å². The van der Waals surface area contributed by atoms with Crippen molar-refractivity contribution in [3.8, 4) is 0 Å². The Bertz CT molecular complexity index is 84.9. The van der Waals surface area contributed by atoms with Gasteiger partial charge in [-0.2, -0.15) is 0 Å². The number of hydrogen-bond acceptors (Lipinski definition) is 2. The van der Waals surface area contributed by atoms with Gasteiger partial charge in [-0.3, -0.25) is 4.79 Å². The molecule has 0 rings (SSSR count). The van der Waals surface area contributed by atoms with Crippen LogP contribution in [-0.2, 0) is 4.79 Å². The van der Waals surface area contributed by atoms with E-state index in [-0.39, 0.29) is 18.2 Å².